The monoisotopic (exact) mass is 308 g/mol. The highest BCUT2D eigenvalue weighted by Gasteiger charge is 2.31. The van der Waals surface area contributed by atoms with Gasteiger partial charge in [0.2, 0.25) is 0 Å². The Balaban J connectivity index is 2.09. The number of nitrogens with zero attached hydrogens (tertiary/aromatic N) is 1. The van der Waals surface area contributed by atoms with Crippen LogP contribution >= 0.6 is 0 Å². The number of hydrogen-bond acceptors (Lipinski definition) is 2. The molecule has 1 atom stereocenters. The third-order valence-electron chi connectivity index (χ3n) is 4.15. The van der Waals surface area contributed by atoms with Gasteiger partial charge in [-0.05, 0) is 45.2 Å². The van der Waals surface area contributed by atoms with E-state index >= 15 is 0 Å². The van der Waals surface area contributed by atoms with Crippen LogP contribution in [0.2, 0.25) is 0 Å². The minimum atomic E-state index is -0.882. The molecule has 1 aromatic carbocycles. The van der Waals surface area contributed by atoms with Crippen molar-refractivity contribution in [3.63, 3.8) is 0 Å². The highest BCUT2D eigenvalue weighted by molar-refractivity contribution is 7.86. The van der Waals surface area contributed by atoms with E-state index in [1.54, 1.807) is 4.90 Å². The Kier molecular flexibility index (Phi) is 4.71. The molecule has 0 radical (unpaired) electrons. The molecule has 2 amide bonds. The van der Waals surface area contributed by atoms with Gasteiger partial charge in [-0.25, -0.2) is 4.79 Å². The van der Waals surface area contributed by atoms with Gasteiger partial charge in [-0.15, -0.1) is 0 Å². The fraction of sp³-hybridized carbons (Fsp3) is 0.562. The summed E-state index contributed by atoms with van der Waals surface area (Å²) in [5.41, 5.74) is 3.00. The van der Waals surface area contributed by atoms with Crippen molar-refractivity contribution in [2.45, 2.75) is 38.9 Å². The molecule has 2 rings (SSSR count). The number of carbonyl (C=O) groups excluding carboxylic acids is 1. The average Bonchev–Trinajstić information content (AvgIpc) is 2.54. The van der Waals surface area contributed by atoms with Gasteiger partial charge < -0.3 is 10.2 Å². The van der Waals surface area contributed by atoms with Crippen LogP contribution in [0.25, 0.3) is 0 Å². The van der Waals surface area contributed by atoms with Crippen LogP contribution in [0.1, 0.15) is 31.4 Å². The molecule has 1 heterocycles. The molecule has 0 bridgehead atoms. The number of anilines is 1. The quantitative estimate of drug-likeness (QED) is 0.867. The van der Waals surface area contributed by atoms with Gasteiger partial charge in [0, 0.05) is 40.1 Å². The van der Waals surface area contributed by atoms with Crippen molar-refractivity contribution < 1.29 is 9.00 Å². The molecule has 1 aliphatic rings. The maximum atomic E-state index is 12.5. The summed E-state index contributed by atoms with van der Waals surface area (Å²) in [4.78, 5) is 14.2. The first-order valence-electron chi connectivity index (χ1n) is 7.32. The van der Waals surface area contributed by atoms with Crippen molar-refractivity contribution in [2.24, 2.45) is 0 Å². The highest BCUT2D eigenvalue weighted by Crippen LogP contribution is 2.23. The van der Waals surface area contributed by atoms with E-state index in [0.717, 1.165) is 23.2 Å². The molecular weight excluding hydrogens is 284 g/mol. The smallest absolute Gasteiger partial charge is 0.321 e. The maximum absolute atomic E-state index is 12.5. The average molecular weight is 308 g/mol. The normalized spacial score (nSPS) is 21.7. The number of benzene rings is 1. The number of para-hydroxylation sites is 1. The van der Waals surface area contributed by atoms with Gasteiger partial charge in [0.15, 0.2) is 0 Å². The Morgan fingerprint density at radius 1 is 1.24 bits per heavy atom. The van der Waals surface area contributed by atoms with Gasteiger partial charge in [-0.3, -0.25) is 4.21 Å². The molecule has 5 heteroatoms. The first-order valence-corrected chi connectivity index (χ1v) is 8.64. The van der Waals surface area contributed by atoms with Crippen LogP contribution in [0, 0.1) is 13.8 Å². The topological polar surface area (TPSA) is 49.4 Å². The summed E-state index contributed by atoms with van der Waals surface area (Å²) in [7, 11) is -0.882. The number of nitrogens with one attached hydrogen (secondary N) is 1. The largest absolute Gasteiger partial charge is 0.324 e. The number of urea groups is 1. The molecule has 1 fully saturated rings. The molecule has 1 unspecified atom stereocenters. The van der Waals surface area contributed by atoms with Crippen molar-refractivity contribution >= 4 is 22.5 Å². The van der Waals surface area contributed by atoms with E-state index < -0.39 is 10.8 Å². The van der Waals surface area contributed by atoms with Crippen molar-refractivity contribution in [1.82, 2.24) is 4.90 Å². The van der Waals surface area contributed by atoms with Crippen molar-refractivity contribution in [2.75, 3.05) is 24.2 Å². The molecule has 1 saturated heterocycles. The van der Waals surface area contributed by atoms with Gasteiger partial charge in [0.1, 0.15) is 0 Å². The predicted molar refractivity (Wildman–Crippen MR) is 88.2 cm³/mol. The molecule has 1 aromatic rings. The number of hydrogen-bond donors (Lipinski definition) is 1. The lowest BCUT2D eigenvalue weighted by molar-refractivity contribution is 0.214. The molecule has 1 aliphatic heterocycles. The van der Waals surface area contributed by atoms with E-state index in [4.69, 9.17) is 0 Å². The minimum Gasteiger partial charge on any atom is -0.324 e. The summed E-state index contributed by atoms with van der Waals surface area (Å²) in [5, 5.41) is 3.01. The fourth-order valence-corrected chi connectivity index (χ4v) is 3.76. The third-order valence-corrected chi connectivity index (χ3v) is 6.14. The number of aryl methyl sites for hydroxylation is 2. The zero-order valence-electron chi connectivity index (χ0n) is 13.2. The van der Waals surface area contributed by atoms with Crippen LogP contribution in [-0.2, 0) is 10.8 Å². The Morgan fingerprint density at radius 2 is 1.86 bits per heavy atom. The molecular formula is C16H24N2O2S. The summed E-state index contributed by atoms with van der Waals surface area (Å²) in [6.45, 7) is 9.20. The third kappa shape index (κ3) is 3.64. The van der Waals surface area contributed by atoms with Gasteiger partial charge in [0.25, 0.3) is 0 Å². The Hall–Kier alpha value is -1.36. The molecule has 0 aromatic heterocycles. The Bertz CT molecular complexity index is 549. The minimum absolute atomic E-state index is 0.0953. The van der Waals surface area contributed by atoms with Crippen LogP contribution < -0.4 is 5.32 Å². The highest BCUT2D eigenvalue weighted by atomic mass is 32.2. The standard InChI is InChI=1S/C16H24N2O2S/c1-12-6-5-7-13(2)14(12)17-15(19)18-9-8-16(3,4)21(20)11-10-18/h5-7H,8-11H2,1-4H3,(H,17,19). The second-order valence-electron chi connectivity index (χ2n) is 6.24. The van der Waals surface area contributed by atoms with Crippen LogP contribution in [0.3, 0.4) is 0 Å². The molecule has 1 N–H and O–H groups in total. The van der Waals surface area contributed by atoms with Crippen molar-refractivity contribution in [3.8, 4) is 0 Å². The van der Waals surface area contributed by atoms with E-state index in [2.05, 4.69) is 5.32 Å². The molecule has 116 valence electrons. The molecule has 21 heavy (non-hydrogen) atoms. The number of rotatable bonds is 1. The number of amides is 2. The predicted octanol–water partition coefficient (Wildman–Crippen LogP) is 3.07. The SMILES string of the molecule is Cc1cccc(C)c1NC(=O)N1CCS(=O)C(C)(C)CC1. The Morgan fingerprint density at radius 3 is 2.48 bits per heavy atom. The lowest BCUT2D eigenvalue weighted by Gasteiger charge is -2.23. The van der Waals surface area contributed by atoms with E-state index in [0.29, 0.717) is 18.8 Å². The van der Waals surface area contributed by atoms with Crippen LogP contribution in [0.15, 0.2) is 18.2 Å². The van der Waals surface area contributed by atoms with Crippen LogP contribution in [-0.4, -0.2) is 38.7 Å². The molecule has 4 nitrogen and oxygen atoms in total. The Labute approximate surface area is 129 Å². The van der Waals surface area contributed by atoms with E-state index in [-0.39, 0.29) is 10.8 Å². The molecule has 0 spiro atoms. The zero-order valence-corrected chi connectivity index (χ0v) is 14.0. The first-order chi connectivity index (χ1) is 9.81. The molecule has 0 saturated carbocycles. The lowest BCUT2D eigenvalue weighted by Crippen LogP contribution is -2.37. The van der Waals surface area contributed by atoms with Gasteiger partial charge in [0.05, 0.1) is 0 Å². The van der Waals surface area contributed by atoms with Gasteiger partial charge >= 0.3 is 6.03 Å². The lowest BCUT2D eigenvalue weighted by atomic mass is 10.1. The summed E-state index contributed by atoms with van der Waals surface area (Å²) < 4.78 is 11.9. The van der Waals surface area contributed by atoms with Crippen LogP contribution in [0.4, 0.5) is 10.5 Å². The fourth-order valence-electron chi connectivity index (χ4n) is 2.50. The van der Waals surface area contributed by atoms with Gasteiger partial charge in [-0.1, -0.05) is 18.2 Å². The maximum Gasteiger partial charge on any atom is 0.321 e. The van der Waals surface area contributed by atoms with Crippen molar-refractivity contribution in [3.05, 3.63) is 29.3 Å². The van der Waals surface area contributed by atoms with Crippen molar-refractivity contribution in [1.29, 1.82) is 0 Å². The van der Waals surface area contributed by atoms with E-state index in [1.807, 2.05) is 45.9 Å². The van der Waals surface area contributed by atoms with E-state index in [1.165, 1.54) is 0 Å². The summed E-state index contributed by atoms with van der Waals surface area (Å²) in [6, 6.07) is 5.87. The first kappa shape index (κ1) is 16.0. The summed E-state index contributed by atoms with van der Waals surface area (Å²) in [6.07, 6.45) is 0.764. The molecule has 0 aliphatic carbocycles. The second kappa shape index (κ2) is 6.18. The summed E-state index contributed by atoms with van der Waals surface area (Å²) in [5.74, 6) is 0.549. The van der Waals surface area contributed by atoms with Gasteiger partial charge in [-0.2, -0.15) is 0 Å². The summed E-state index contributed by atoms with van der Waals surface area (Å²) >= 11 is 0. The van der Waals surface area contributed by atoms with Crippen LogP contribution in [0.5, 0.6) is 0 Å². The van der Waals surface area contributed by atoms with E-state index in [9.17, 15) is 9.00 Å². The second-order valence-corrected chi connectivity index (χ2v) is 8.45. The zero-order chi connectivity index (χ0) is 15.6. The number of carbonyl (C=O) groups is 1.